The first-order chi connectivity index (χ1) is 14.1. The molecule has 1 aliphatic heterocycles. The van der Waals surface area contributed by atoms with E-state index in [1.54, 1.807) is 6.07 Å². The highest BCUT2D eigenvalue weighted by atomic mass is 35.5. The second-order valence-corrected chi connectivity index (χ2v) is 7.58. The largest absolute Gasteiger partial charge is 0.483 e. The smallest absolute Gasteiger partial charge is 0.264 e. The quantitative estimate of drug-likeness (QED) is 0.597. The molecule has 0 spiro atoms. The van der Waals surface area contributed by atoms with Gasteiger partial charge in [0.25, 0.3) is 11.8 Å². The summed E-state index contributed by atoms with van der Waals surface area (Å²) in [5.74, 6) is 1.56. The van der Waals surface area contributed by atoms with E-state index in [0.29, 0.717) is 28.1 Å². The monoisotopic (exact) mass is 411 g/mol. The first-order valence-electron chi connectivity index (χ1n) is 9.71. The molecule has 1 amide bonds. The van der Waals surface area contributed by atoms with Crippen molar-refractivity contribution in [2.24, 2.45) is 0 Å². The van der Waals surface area contributed by atoms with Gasteiger partial charge in [0.1, 0.15) is 5.75 Å². The number of carbonyl (C=O) groups is 1. The molecule has 6 nitrogen and oxygen atoms in total. The first kappa shape index (κ1) is 19.5. The summed E-state index contributed by atoms with van der Waals surface area (Å²) in [6, 6.07) is 12.8. The highest BCUT2D eigenvalue weighted by molar-refractivity contribution is 6.30. The maximum atomic E-state index is 12.7. The van der Waals surface area contributed by atoms with E-state index in [0.717, 1.165) is 37.1 Å². The Hall–Kier alpha value is -2.86. The summed E-state index contributed by atoms with van der Waals surface area (Å²) in [7, 11) is 0. The minimum atomic E-state index is 0.0526. The molecule has 1 fully saturated rings. The van der Waals surface area contributed by atoms with Gasteiger partial charge in [-0.25, -0.2) is 0 Å². The molecule has 0 saturated carbocycles. The van der Waals surface area contributed by atoms with Gasteiger partial charge < -0.3 is 14.2 Å². The van der Waals surface area contributed by atoms with Gasteiger partial charge in [-0.1, -0.05) is 28.9 Å². The molecule has 3 aromatic rings. The number of piperidine rings is 1. The number of hydrogen-bond donors (Lipinski definition) is 0. The number of nitrogens with zero attached hydrogens (tertiary/aromatic N) is 3. The minimum absolute atomic E-state index is 0.0526. The Morgan fingerprint density at radius 3 is 2.79 bits per heavy atom. The van der Waals surface area contributed by atoms with Gasteiger partial charge in [0, 0.05) is 29.2 Å². The van der Waals surface area contributed by atoms with Gasteiger partial charge in [-0.3, -0.25) is 4.79 Å². The van der Waals surface area contributed by atoms with Crippen LogP contribution >= 0.6 is 11.6 Å². The number of ether oxygens (including phenoxy) is 1. The van der Waals surface area contributed by atoms with E-state index in [-0.39, 0.29) is 12.5 Å². The maximum absolute atomic E-state index is 12.7. The van der Waals surface area contributed by atoms with E-state index >= 15 is 0 Å². The van der Waals surface area contributed by atoms with Crippen molar-refractivity contribution >= 4 is 17.5 Å². The molecule has 0 atom stereocenters. The van der Waals surface area contributed by atoms with Crippen LogP contribution in [-0.2, 0) is 6.61 Å². The Bertz CT molecular complexity index is 1010. The van der Waals surface area contributed by atoms with Gasteiger partial charge in [0.2, 0.25) is 5.82 Å². The highest BCUT2D eigenvalue weighted by Gasteiger charge is 2.19. The summed E-state index contributed by atoms with van der Waals surface area (Å²) in [4.78, 5) is 19.0. The molecule has 150 valence electrons. The Morgan fingerprint density at radius 1 is 1.17 bits per heavy atom. The summed E-state index contributed by atoms with van der Waals surface area (Å²) < 4.78 is 11.1. The lowest BCUT2D eigenvalue weighted by Gasteiger charge is -2.26. The van der Waals surface area contributed by atoms with Crippen molar-refractivity contribution in [2.75, 3.05) is 13.1 Å². The fraction of sp³-hybridized carbons (Fsp3) is 0.318. The number of likely N-dealkylation sites (tertiary alicyclic amines) is 1. The first-order valence-corrected chi connectivity index (χ1v) is 10.1. The van der Waals surface area contributed by atoms with Crippen LogP contribution in [0.25, 0.3) is 11.4 Å². The van der Waals surface area contributed by atoms with Crippen molar-refractivity contribution in [3.63, 3.8) is 0 Å². The van der Waals surface area contributed by atoms with Crippen LogP contribution in [0.15, 0.2) is 47.0 Å². The zero-order valence-corrected chi connectivity index (χ0v) is 17.0. The average molecular weight is 412 g/mol. The predicted molar refractivity (Wildman–Crippen MR) is 110 cm³/mol. The number of benzene rings is 2. The van der Waals surface area contributed by atoms with E-state index < -0.39 is 0 Å². The molecule has 1 aliphatic rings. The molecule has 0 bridgehead atoms. The molecule has 7 heteroatoms. The number of aryl methyl sites for hydroxylation is 1. The van der Waals surface area contributed by atoms with Crippen LogP contribution in [0.3, 0.4) is 0 Å². The zero-order valence-electron chi connectivity index (χ0n) is 16.2. The van der Waals surface area contributed by atoms with Gasteiger partial charge in [-0.15, -0.1) is 0 Å². The maximum Gasteiger partial charge on any atom is 0.264 e. The number of hydrogen-bond acceptors (Lipinski definition) is 5. The second kappa shape index (κ2) is 8.66. The minimum Gasteiger partial charge on any atom is -0.483 e. The second-order valence-electron chi connectivity index (χ2n) is 7.14. The Kier molecular flexibility index (Phi) is 5.81. The molecule has 1 saturated heterocycles. The number of halogens is 1. The average Bonchev–Trinajstić information content (AvgIpc) is 3.22. The van der Waals surface area contributed by atoms with Crippen LogP contribution in [-0.4, -0.2) is 34.0 Å². The Labute approximate surface area is 174 Å². The van der Waals surface area contributed by atoms with Gasteiger partial charge in [-0.2, -0.15) is 4.98 Å². The van der Waals surface area contributed by atoms with Crippen LogP contribution < -0.4 is 4.74 Å². The molecule has 4 rings (SSSR count). The molecule has 0 aliphatic carbocycles. The van der Waals surface area contributed by atoms with Gasteiger partial charge in [0.15, 0.2) is 6.61 Å². The lowest BCUT2D eigenvalue weighted by atomic mass is 10.1. The van der Waals surface area contributed by atoms with E-state index in [2.05, 4.69) is 10.1 Å². The summed E-state index contributed by atoms with van der Waals surface area (Å²) in [5, 5.41) is 4.70. The van der Waals surface area contributed by atoms with E-state index in [1.807, 2.05) is 48.2 Å². The van der Waals surface area contributed by atoms with Crippen LogP contribution in [0.5, 0.6) is 5.75 Å². The van der Waals surface area contributed by atoms with Crippen LogP contribution in [0.2, 0.25) is 5.02 Å². The molecule has 0 radical (unpaired) electrons. The molecule has 29 heavy (non-hydrogen) atoms. The fourth-order valence-corrected chi connectivity index (χ4v) is 3.64. The summed E-state index contributed by atoms with van der Waals surface area (Å²) in [5.41, 5.74) is 2.32. The number of amides is 1. The van der Waals surface area contributed by atoms with Gasteiger partial charge in [-0.05, 0) is 62.1 Å². The van der Waals surface area contributed by atoms with Crippen LogP contribution in [0.1, 0.15) is 41.1 Å². The molecule has 2 heterocycles. The van der Waals surface area contributed by atoms with Crippen LogP contribution in [0.4, 0.5) is 0 Å². The summed E-state index contributed by atoms with van der Waals surface area (Å²) in [6.07, 6.45) is 3.31. The van der Waals surface area contributed by atoms with Crippen molar-refractivity contribution in [3.05, 3.63) is 64.5 Å². The lowest BCUT2D eigenvalue weighted by Crippen LogP contribution is -2.35. The lowest BCUT2D eigenvalue weighted by molar-refractivity contribution is 0.0724. The summed E-state index contributed by atoms with van der Waals surface area (Å²) >= 11 is 5.97. The predicted octanol–water partition coefficient (Wildman–Crippen LogP) is 4.90. The standard InChI is InChI=1S/C22H22ClN3O3/c1-15-12-18(23)8-9-19(15)28-14-20-24-21(25-29-20)16-6-5-7-17(13-16)22(27)26-10-3-2-4-11-26/h5-9,12-13H,2-4,10-11,14H2,1H3. The van der Waals surface area contributed by atoms with E-state index in [1.165, 1.54) is 6.42 Å². The Morgan fingerprint density at radius 2 is 2.00 bits per heavy atom. The van der Waals surface area contributed by atoms with Crippen molar-refractivity contribution in [1.29, 1.82) is 0 Å². The Balaban J connectivity index is 1.45. The van der Waals surface area contributed by atoms with Crippen molar-refractivity contribution in [1.82, 2.24) is 15.0 Å². The van der Waals surface area contributed by atoms with Crippen LogP contribution in [0, 0.1) is 6.92 Å². The van der Waals surface area contributed by atoms with E-state index in [4.69, 9.17) is 20.9 Å². The molecular weight excluding hydrogens is 390 g/mol. The summed E-state index contributed by atoms with van der Waals surface area (Å²) in [6.45, 7) is 3.71. The molecule has 1 aromatic heterocycles. The third-order valence-corrected chi connectivity index (χ3v) is 5.20. The number of carbonyl (C=O) groups excluding carboxylic acids is 1. The topological polar surface area (TPSA) is 68.5 Å². The molecule has 2 aromatic carbocycles. The van der Waals surface area contributed by atoms with Crippen molar-refractivity contribution in [2.45, 2.75) is 32.8 Å². The SMILES string of the molecule is Cc1cc(Cl)ccc1OCc1nc(-c2cccc(C(=O)N3CCCCC3)c2)no1. The number of aromatic nitrogens is 2. The number of rotatable bonds is 5. The van der Waals surface area contributed by atoms with Crippen molar-refractivity contribution in [3.8, 4) is 17.1 Å². The molecule has 0 N–H and O–H groups in total. The molecule has 0 unspecified atom stereocenters. The molecular formula is C22H22ClN3O3. The highest BCUT2D eigenvalue weighted by Crippen LogP contribution is 2.24. The fourth-order valence-electron chi connectivity index (χ4n) is 3.42. The van der Waals surface area contributed by atoms with Crippen molar-refractivity contribution < 1.29 is 14.1 Å². The normalized spacial score (nSPS) is 14.1. The third kappa shape index (κ3) is 4.59. The van der Waals surface area contributed by atoms with Gasteiger partial charge in [0.05, 0.1) is 0 Å². The third-order valence-electron chi connectivity index (χ3n) is 4.97. The van der Waals surface area contributed by atoms with Gasteiger partial charge >= 0.3 is 0 Å². The zero-order chi connectivity index (χ0) is 20.2. The van der Waals surface area contributed by atoms with E-state index in [9.17, 15) is 4.79 Å².